The lowest BCUT2D eigenvalue weighted by atomic mass is 9.78. The number of benzene rings is 1. The highest BCUT2D eigenvalue weighted by molar-refractivity contribution is 7.89. The van der Waals surface area contributed by atoms with Crippen molar-refractivity contribution in [2.24, 2.45) is 11.8 Å². The second-order valence-corrected chi connectivity index (χ2v) is 7.78. The quantitative estimate of drug-likeness (QED) is 0.839. The molecule has 0 aromatic heterocycles. The van der Waals surface area contributed by atoms with Crippen molar-refractivity contribution < 1.29 is 12.8 Å². The lowest BCUT2D eigenvalue weighted by Gasteiger charge is -2.34. The Kier molecular flexibility index (Phi) is 4.88. The number of nitrogen functional groups attached to an aromatic ring is 1. The van der Waals surface area contributed by atoms with Gasteiger partial charge >= 0.3 is 0 Å². The normalized spacial score (nSPS) is 23.4. The number of rotatable bonds is 4. The van der Waals surface area contributed by atoms with Crippen LogP contribution in [0, 0.1) is 17.7 Å². The van der Waals surface area contributed by atoms with Gasteiger partial charge in [0, 0.05) is 6.04 Å². The molecule has 0 heterocycles. The minimum Gasteiger partial charge on any atom is -0.398 e. The van der Waals surface area contributed by atoms with Gasteiger partial charge in [-0.3, -0.25) is 0 Å². The van der Waals surface area contributed by atoms with Gasteiger partial charge in [0.2, 0.25) is 10.0 Å². The maximum atomic E-state index is 13.3. The fraction of sp³-hybridized carbons (Fsp3) is 0.600. The molecule has 3 N–H and O–H groups in total. The van der Waals surface area contributed by atoms with E-state index in [1.807, 2.05) is 0 Å². The summed E-state index contributed by atoms with van der Waals surface area (Å²) in [6.07, 6.45) is 3.97. The van der Waals surface area contributed by atoms with E-state index in [-0.39, 0.29) is 16.6 Å². The van der Waals surface area contributed by atoms with E-state index in [9.17, 15) is 12.8 Å². The summed E-state index contributed by atoms with van der Waals surface area (Å²) in [6.45, 7) is 4.21. The van der Waals surface area contributed by atoms with Crippen LogP contribution in [0.4, 0.5) is 10.1 Å². The van der Waals surface area contributed by atoms with Crippen molar-refractivity contribution in [2.75, 3.05) is 5.73 Å². The molecule has 0 amide bonds. The topological polar surface area (TPSA) is 72.2 Å². The van der Waals surface area contributed by atoms with Crippen molar-refractivity contribution in [3.63, 3.8) is 0 Å². The number of nitrogens with one attached hydrogen (secondary N) is 1. The predicted molar refractivity (Wildman–Crippen MR) is 81.7 cm³/mol. The molecule has 1 aromatic carbocycles. The van der Waals surface area contributed by atoms with Crippen molar-refractivity contribution in [1.29, 1.82) is 0 Å². The largest absolute Gasteiger partial charge is 0.398 e. The van der Waals surface area contributed by atoms with E-state index < -0.39 is 15.8 Å². The highest BCUT2D eigenvalue weighted by Crippen LogP contribution is 2.31. The summed E-state index contributed by atoms with van der Waals surface area (Å²) in [5.41, 5.74) is 5.76. The smallest absolute Gasteiger partial charge is 0.242 e. The molecular formula is C15H23FN2O2S. The van der Waals surface area contributed by atoms with Crippen LogP contribution in [0.5, 0.6) is 0 Å². The van der Waals surface area contributed by atoms with Gasteiger partial charge in [-0.15, -0.1) is 0 Å². The standard InChI is InChI=1S/C15H23FN2O2S/c1-10(2)12-5-3-4-6-14(12)18-21(19,20)15-9-11(16)7-8-13(15)17/h7-10,12,14,18H,3-6,17H2,1-2H3. The van der Waals surface area contributed by atoms with Gasteiger partial charge in [-0.1, -0.05) is 26.7 Å². The van der Waals surface area contributed by atoms with Crippen LogP contribution in [0.3, 0.4) is 0 Å². The summed E-state index contributed by atoms with van der Waals surface area (Å²) < 4.78 is 41.0. The Hall–Kier alpha value is -1.14. The average Bonchev–Trinajstić information content (AvgIpc) is 2.41. The van der Waals surface area contributed by atoms with Crippen LogP contribution in [0.1, 0.15) is 39.5 Å². The Labute approximate surface area is 126 Å². The lowest BCUT2D eigenvalue weighted by molar-refractivity contribution is 0.226. The summed E-state index contributed by atoms with van der Waals surface area (Å²) in [5, 5.41) is 0. The first-order valence-electron chi connectivity index (χ1n) is 7.38. The molecule has 0 spiro atoms. The zero-order valence-electron chi connectivity index (χ0n) is 12.5. The second kappa shape index (κ2) is 6.32. The molecule has 4 nitrogen and oxygen atoms in total. The number of halogens is 1. The zero-order valence-corrected chi connectivity index (χ0v) is 13.3. The highest BCUT2D eigenvalue weighted by Gasteiger charge is 2.32. The molecule has 2 unspecified atom stereocenters. The van der Waals surface area contributed by atoms with Crippen molar-refractivity contribution in [3.05, 3.63) is 24.0 Å². The number of nitrogens with two attached hydrogens (primary N) is 1. The Morgan fingerprint density at radius 3 is 2.62 bits per heavy atom. The Morgan fingerprint density at radius 2 is 1.95 bits per heavy atom. The van der Waals surface area contributed by atoms with Gasteiger partial charge in [-0.05, 0) is 42.9 Å². The first-order chi connectivity index (χ1) is 9.81. The summed E-state index contributed by atoms with van der Waals surface area (Å²) in [4.78, 5) is -0.171. The molecule has 118 valence electrons. The van der Waals surface area contributed by atoms with Crippen LogP contribution in [0.25, 0.3) is 0 Å². The summed E-state index contributed by atoms with van der Waals surface area (Å²) in [7, 11) is -3.79. The molecule has 1 fully saturated rings. The molecule has 0 aliphatic heterocycles. The monoisotopic (exact) mass is 314 g/mol. The van der Waals surface area contributed by atoms with Crippen molar-refractivity contribution in [1.82, 2.24) is 4.72 Å². The van der Waals surface area contributed by atoms with E-state index in [0.29, 0.717) is 11.8 Å². The molecule has 21 heavy (non-hydrogen) atoms. The molecule has 2 rings (SSSR count). The lowest BCUT2D eigenvalue weighted by Crippen LogP contribution is -2.44. The summed E-state index contributed by atoms with van der Waals surface area (Å²) in [6, 6.07) is 3.31. The maximum Gasteiger partial charge on any atom is 0.242 e. The molecule has 6 heteroatoms. The zero-order chi connectivity index (χ0) is 15.6. The van der Waals surface area contributed by atoms with Gasteiger partial charge in [0.25, 0.3) is 0 Å². The van der Waals surface area contributed by atoms with E-state index in [1.54, 1.807) is 0 Å². The van der Waals surface area contributed by atoms with Crippen molar-refractivity contribution >= 4 is 15.7 Å². The highest BCUT2D eigenvalue weighted by atomic mass is 32.2. The summed E-state index contributed by atoms with van der Waals surface area (Å²) >= 11 is 0. The molecule has 1 aliphatic carbocycles. The second-order valence-electron chi connectivity index (χ2n) is 6.10. The Morgan fingerprint density at radius 1 is 1.29 bits per heavy atom. The van der Waals surface area contributed by atoms with Gasteiger partial charge in [0.05, 0.1) is 5.69 Å². The van der Waals surface area contributed by atoms with E-state index in [2.05, 4.69) is 18.6 Å². The van der Waals surface area contributed by atoms with Crippen molar-refractivity contribution in [2.45, 2.75) is 50.5 Å². The van der Waals surface area contributed by atoms with E-state index >= 15 is 0 Å². The van der Waals surface area contributed by atoms with Gasteiger partial charge in [0.1, 0.15) is 10.7 Å². The van der Waals surface area contributed by atoms with Crippen LogP contribution in [0.15, 0.2) is 23.1 Å². The van der Waals surface area contributed by atoms with Gasteiger partial charge < -0.3 is 5.73 Å². The SMILES string of the molecule is CC(C)C1CCCCC1NS(=O)(=O)c1cc(F)ccc1N. The Balaban J connectivity index is 2.25. The molecule has 1 saturated carbocycles. The van der Waals surface area contributed by atoms with Gasteiger partial charge in [-0.2, -0.15) is 0 Å². The number of anilines is 1. The minimum absolute atomic E-state index is 0.0702. The molecule has 1 aliphatic rings. The third-order valence-corrected chi connectivity index (χ3v) is 5.79. The summed E-state index contributed by atoms with van der Waals surface area (Å²) in [5.74, 6) is 0.111. The first-order valence-corrected chi connectivity index (χ1v) is 8.87. The third-order valence-electron chi connectivity index (χ3n) is 4.25. The number of hydrogen-bond donors (Lipinski definition) is 2. The fourth-order valence-electron chi connectivity index (χ4n) is 3.11. The fourth-order valence-corrected chi connectivity index (χ4v) is 4.57. The minimum atomic E-state index is -3.79. The molecule has 0 bridgehead atoms. The molecule has 1 aromatic rings. The van der Waals surface area contributed by atoms with Crippen LogP contribution in [-0.2, 0) is 10.0 Å². The van der Waals surface area contributed by atoms with E-state index in [0.717, 1.165) is 37.8 Å². The molecular weight excluding hydrogens is 291 g/mol. The van der Waals surface area contributed by atoms with Crippen LogP contribution < -0.4 is 10.5 Å². The van der Waals surface area contributed by atoms with E-state index in [1.165, 1.54) is 6.07 Å². The van der Waals surface area contributed by atoms with Crippen LogP contribution in [0.2, 0.25) is 0 Å². The van der Waals surface area contributed by atoms with E-state index in [4.69, 9.17) is 5.73 Å². The molecule has 2 atom stereocenters. The first kappa shape index (κ1) is 16.2. The number of sulfonamides is 1. The van der Waals surface area contributed by atoms with Gasteiger partial charge in [0.15, 0.2) is 0 Å². The Bertz CT molecular complexity index is 602. The third kappa shape index (κ3) is 3.74. The van der Waals surface area contributed by atoms with Crippen LogP contribution >= 0.6 is 0 Å². The predicted octanol–water partition coefficient (Wildman–Crippen LogP) is 2.90. The molecule has 0 radical (unpaired) electrons. The maximum absolute atomic E-state index is 13.3. The van der Waals surface area contributed by atoms with Crippen molar-refractivity contribution in [3.8, 4) is 0 Å². The average molecular weight is 314 g/mol. The molecule has 0 saturated heterocycles. The van der Waals surface area contributed by atoms with Gasteiger partial charge in [-0.25, -0.2) is 17.5 Å². The van der Waals surface area contributed by atoms with Crippen LogP contribution in [-0.4, -0.2) is 14.5 Å². The number of hydrogen-bond acceptors (Lipinski definition) is 3.